The Kier molecular flexibility index (Phi) is 7.26. The number of nitrogens with one attached hydrogen (secondary N) is 2. The standard InChI is InChI=1S/C23H27ClN2O5S2/c24-18-7-5-15(6-8-18)19-9-10-20(32-19)23(13-21(27)26-29)12-11-17(14-25-33(23,30)31)22(28)16-3-1-2-4-16/h5-10,16-17,25,29H,1-4,11-14H2,(H,26,27)/t17?,23-/m0/s1. The van der Waals surface area contributed by atoms with Crippen molar-refractivity contribution in [3.05, 3.63) is 46.3 Å². The summed E-state index contributed by atoms with van der Waals surface area (Å²) in [4.78, 5) is 26.6. The van der Waals surface area contributed by atoms with Gasteiger partial charge in [0.25, 0.3) is 0 Å². The van der Waals surface area contributed by atoms with Gasteiger partial charge in [-0.2, -0.15) is 0 Å². The highest BCUT2D eigenvalue weighted by Crippen LogP contribution is 2.46. The monoisotopic (exact) mass is 510 g/mol. The number of benzene rings is 1. The number of hydrogen-bond acceptors (Lipinski definition) is 6. The summed E-state index contributed by atoms with van der Waals surface area (Å²) in [6.07, 6.45) is 3.79. The van der Waals surface area contributed by atoms with E-state index in [0.717, 1.165) is 36.1 Å². The third-order valence-corrected chi connectivity index (χ3v) is 10.7. The molecule has 2 heterocycles. The SMILES string of the molecule is O=C(C[C@]1(c2ccc(-c3ccc(Cl)cc3)s2)CCC(C(=O)C2CCCC2)CNS1(=O)=O)NO. The fraction of sp³-hybridized carbons (Fsp3) is 0.478. The van der Waals surface area contributed by atoms with Crippen LogP contribution in [0.5, 0.6) is 0 Å². The molecule has 0 bridgehead atoms. The highest BCUT2D eigenvalue weighted by molar-refractivity contribution is 7.90. The topological polar surface area (TPSA) is 113 Å². The van der Waals surface area contributed by atoms with E-state index in [0.29, 0.717) is 16.3 Å². The maximum Gasteiger partial charge on any atom is 0.245 e. The van der Waals surface area contributed by atoms with E-state index in [1.807, 2.05) is 18.2 Å². The van der Waals surface area contributed by atoms with Crippen LogP contribution in [0.4, 0.5) is 0 Å². The number of halogens is 1. The van der Waals surface area contributed by atoms with Crippen molar-refractivity contribution in [3.8, 4) is 10.4 Å². The molecule has 2 aliphatic rings. The van der Waals surface area contributed by atoms with Crippen molar-refractivity contribution in [2.45, 2.75) is 49.7 Å². The van der Waals surface area contributed by atoms with Gasteiger partial charge in [-0.1, -0.05) is 36.6 Å². The smallest absolute Gasteiger partial charge is 0.245 e. The highest BCUT2D eigenvalue weighted by Gasteiger charge is 2.50. The minimum Gasteiger partial charge on any atom is -0.299 e. The van der Waals surface area contributed by atoms with Gasteiger partial charge >= 0.3 is 0 Å². The number of amides is 1. The van der Waals surface area contributed by atoms with Crippen LogP contribution < -0.4 is 10.2 Å². The van der Waals surface area contributed by atoms with Crippen molar-refractivity contribution < 1.29 is 23.2 Å². The molecule has 1 amide bonds. The van der Waals surface area contributed by atoms with Gasteiger partial charge in [0.05, 0.1) is 6.42 Å². The molecule has 0 radical (unpaired) electrons. The average molecular weight is 511 g/mol. The molecule has 1 aliphatic heterocycles. The first-order chi connectivity index (χ1) is 15.8. The molecule has 1 saturated carbocycles. The lowest BCUT2D eigenvalue weighted by atomic mass is 9.85. The summed E-state index contributed by atoms with van der Waals surface area (Å²) in [5.74, 6) is -1.10. The van der Waals surface area contributed by atoms with Gasteiger partial charge in [0.1, 0.15) is 10.5 Å². The molecule has 1 aromatic carbocycles. The summed E-state index contributed by atoms with van der Waals surface area (Å²) in [5, 5.41) is 9.78. The van der Waals surface area contributed by atoms with Crippen molar-refractivity contribution in [1.82, 2.24) is 10.2 Å². The Hall–Kier alpha value is -1.78. The largest absolute Gasteiger partial charge is 0.299 e. The molecule has 1 aliphatic carbocycles. The summed E-state index contributed by atoms with van der Waals surface area (Å²) >= 11 is 7.27. The van der Waals surface area contributed by atoms with E-state index in [2.05, 4.69) is 4.72 Å². The molecule has 2 aromatic rings. The lowest BCUT2D eigenvalue weighted by Gasteiger charge is -2.30. The van der Waals surface area contributed by atoms with Crippen LogP contribution >= 0.6 is 22.9 Å². The number of hydrogen-bond donors (Lipinski definition) is 3. The summed E-state index contributed by atoms with van der Waals surface area (Å²) in [7, 11) is -4.03. The normalized spacial score (nSPS) is 25.5. The summed E-state index contributed by atoms with van der Waals surface area (Å²) in [6, 6.07) is 10.8. The van der Waals surface area contributed by atoms with Crippen molar-refractivity contribution in [2.75, 3.05) is 6.54 Å². The molecule has 1 aromatic heterocycles. The fourth-order valence-corrected chi connectivity index (χ4v) is 8.40. The van der Waals surface area contributed by atoms with Gasteiger partial charge in [0.15, 0.2) is 0 Å². The minimum absolute atomic E-state index is 0.00834. The Morgan fingerprint density at radius 1 is 1.09 bits per heavy atom. The lowest BCUT2D eigenvalue weighted by molar-refractivity contribution is -0.130. The first kappa shape index (κ1) is 24.3. The molecule has 1 saturated heterocycles. The molecular weight excluding hydrogens is 484 g/mol. The molecule has 33 heavy (non-hydrogen) atoms. The third-order valence-electron chi connectivity index (χ3n) is 6.85. The number of hydroxylamine groups is 1. The van der Waals surface area contributed by atoms with E-state index >= 15 is 0 Å². The predicted octanol–water partition coefficient (Wildman–Crippen LogP) is 4.25. The van der Waals surface area contributed by atoms with Gasteiger partial charge < -0.3 is 0 Å². The molecule has 2 fully saturated rings. The van der Waals surface area contributed by atoms with Gasteiger partial charge in [0, 0.05) is 33.2 Å². The number of carbonyl (C=O) groups excluding carboxylic acids is 2. The van der Waals surface area contributed by atoms with Gasteiger partial charge in [-0.15, -0.1) is 11.3 Å². The van der Waals surface area contributed by atoms with E-state index in [1.165, 1.54) is 11.3 Å². The summed E-state index contributed by atoms with van der Waals surface area (Å²) in [6.45, 7) is 0.0373. The number of sulfonamides is 1. The molecule has 7 nitrogen and oxygen atoms in total. The summed E-state index contributed by atoms with van der Waals surface area (Å²) < 4.78 is 28.2. The second-order valence-electron chi connectivity index (χ2n) is 8.85. The molecule has 2 atom stereocenters. The quantitative estimate of drug-likeness (QED) is 0.397. The maximum atomic E-state index is 13.6. The Morgan fingerprint density at radius 2 is 1.79 bits per heavy atom. The van der Waals surface area contributed by atoms with E-state index in [4.69, 9.17) is 11.6 Å². The minimum atomic E-state index is -4.03. The van der Waals surface area contributed by atoms with Crippen LogP contribution in [0.25, 0.3) is 10.4 Å². The van der Waals surface area contributed by atoms with Crippen molar-refractivity contribution >= 4 is 44.7 Å². The van der Waals surface area contributed by atoms with Crippen LogP contribution in [0.3, 0.4) is 0 Å². The average Bonchev–Trinajstić information content (AvgIpc) is 3.48. The van der Waals surface area contributed by atoms with Gasteiger partial charge in [0.2, 0.25) is 15.9 Å². The van der Waals surface area contributed by atoms with Crippen LogP contribution in [0, 0.1) is 11.8 Å². The van der Waals surface area contributed by atoms with Crippen LogP contribution in [-0.4, -0.2) is 31.9 Å². The molecule has 1 unspecified atom stereocenters. The Labute approximate surface area is 202 Å². The maximum absolute atomic E-state index is 13.6. The molecule has 0 spiro atoms. The van der Waals surface area contributed by atoms with Crippen molar-refractivity contribution in [3.63, 3.8) is 0 Å². The molecule has 4 rings (SSSR count). The van der Waals surface area contributed by atoms with Gasteiger partial charge in [-0.3, -0.25) is 14.8 Å². The second-order valence-corrected chi connectivity index (χ2v) is 12.4. The van der Waals surface area contributed by atoms with Crippen molar-refractivity contribution in [2.24, 2.45) is 11.8 Å². The first-order valence-corrected chi connectivity index (χ1v) is 13.8. The summed E-state index contributed by atoms with van der Waals surface area (Å²) in [5.41, 5.74) is 2.46. The zero-order valence-electron chi connectivity index (χ0n) is 18.1. The molecule has 10 heteroatoms. The lowest BCUT2D eigenvalue weighted by Crippen LogP contribution is -2.45. The fourth-order valence-electron chi connectivity index (χ4n) is 4.96. The van der Waals surface area contributed by atoms with Crippen molar-refractivity contribution in [1.29, 1.82) is 0 Å². The van der Waals surface area contributed by atoms with Crippen LogP contribution in [0.15, 0.2) is 36.4 Å². The number of thiophene rings is 1. The highest BCUT2D eigenvalue weighted by atomic mass is 35.5. The van der Waals surface area contributed by atoms with Gasteiger partial charge in [-0.25, -0.2) is 18.6 Å². The van der Waals surface area contributed by atoms with Crippen LogP contribution in [0.1, 0.15) is 49.8 Å². The second kappa shape index (κ2) is 9.84. The number of Topliss-reactive ketones (excluding diaryl/α,β-unsaturated/α-hetero) is 1. The third kappa shape index (κ3) is 4.88. The zero-order chi connectivity index (χ0) is 23.6. The van der Waals surface area contributed by atoms with E-state index in [1.54, 1.807) is 23.7 Å². The zero-order valence-corrected chi connectivity index (χ0v) is 20.4. The first-order valence-electron chi connectivity index (χ1n) is 11.1. The molecule has 3 N–H and O–H groups in total. The van der Waals surface area contributed by atoms with Gasteiger partial charge in [-0.05, 0) is 55.5 Å². The Balaban J connectivity index is 1.70. The number of rotatable bonds is 6. The van der Waals surface area contributed by atoms with Crippen LogP contribution in [-0.2, 0) is 24.4 Å². The number of carbonyl (C=O) groups is 2. The van der Waals surface area contributed by atoms with E-state index in [9.17, 15) is 23.2 Å². The van der Waals surface area contributed by atoms with Crippen LogP contribution in [0.2, 0.25) is 5.02 Å². The molecular formula is C23H27ClN2O5S2. The predicted molar refractivity (Wildman–Crippen MR) is 128 cm³/mol. The number of ketones is 1. The molecule has 178 valence electrons. The van der Waals surface area contributed by atoms with E-state index < -0.39 is 33.0 Å². The van der Waals surface area contributed by atoms with E-state index in [-0.39, 0.29) is 24.7 Å². The Bertz CT molecular complexity index is 1130. The Morgan fingerprint density at radius 3 is 2.45 bits per heavy atom.